The maximum atomic E-state index is 5.86. The predicted molar refractivity (Wildman–Crippen MR) is 104 cm³/mol. The number of nitrogens with zero attached hydrogens (tertiary/aromatic N) is 7. The largest absolute Gasteiger partial charge is 0.474 e. The van der Waals surface area contributed by atoms with Crippen LogP contribution in [0.3, 0.4) is 0 Å². The minimum atomic E-state index is 0.0800. The summed E-state index contributed by atoms with van der Waals surface area (Å²) in [5.74, 6) is 0.651. The number of benzene rings is 1. The molecule has 0 bridgehead atoms. The molecule has 0 spiro atoms. The van der Waals surface area contributed by atoms with Crippen molar-refractivity contribution in [2.24, 2.45) is 7.05 Å². The van der Waals surface area contributed by atoms with E-state index in [1.165, 1.54) is 5.69 Å². The second-order valence-corrected chi connectivity index (χ2v) is 7.19. The van der Waals surface area contributed by atoms with Gasteiger partial charge in [0.2, 0.25) is 5.88 Å². The lowest BCUT2D eigenvalue weighted by Crippen LogP contribution is -2.46. The Kier molecular flexibility index (Phi) is 4.89. The minimum Gasteiger partial charge on any atom is -0.474 e. The molecule has 0 unspecified atom stereocenters. The zero-order chi connectivity index (χ0) is 18.8. The van der Waals surface area contributed by atoms with Crippen molar-refractivity contribution >= 4 is 16.6 Å². The Morgan fingerprint density at radius 1 is 1.11 bits per heavy atom. The molecule has 0 radical (unpaired) electrons. The molecule has 0 amide bonds. The summed E-state index contributed by atoms with van der Waals surface area (Å²) in [6.45, 7) is 8.80. The summed E-state index contributed by atoms with van der Waals surface area (Å²) in [5.41, 5.74) is 3.11. The predicted octanol–water partition coefficient (Wildman–Crippen LogP) is 1.87. The highest BCUT2D eigenvalue weighted by molar-refractivity contribution is 5.86. The lowest BCUT2D eigenvalue weighted by Gasteiger charge is -2.35. The quantitative estimate of drug-likeness (QED) is 0.682. The average molecular weight is 367 g/mol. The van der Waals surface area contributed by atoms with Gasteiger partial charge in [-0.25, -0.2) is 9.97 Å². The third-order valence-corrected chi connectivity index (χ3v) is 4.70. The molecular formula is C19H25N7O. The smallest absolute Gasteiger partial charge is 0.224 e. The fourth-order valence-corrected chi connectivity index (χ4v) is 3.40. The number of piperazine rings is 1. The SMILES string of the molecule is CC(C)Oc1ncnc2ccc(N3CCN(Cc4cn(C)nn4)CC3)cc12. The van der Waals surface area contributed by atoms with Gasteiger partial charge >= 0.3 is 0 Å². The van der Waals surface area contributed by atoms with Gasteiger partial charge in [0, 0.05) is 51.7 Å². The molecule has 1 aromatic carbocycles. The Balaban J connectivity index is 1.47. The highest BCUT2D eigenvalue weighted by atomic mass is 16.5. The molecule has 27 heavy (non-hydrogen) atoms. The van der Waals surface area contributed by atoms with E-state index in [0.717, 1.165) is 49.3 Å². The number of aromatic nitrogens is 5. The Morgan fingerprint density at radius 3 is 2.63 bits per heavy atom. The van der Waals surface area contributed by atoms with E-state index in [-0.39, 0.29) is 6.10 Å². The maximum absolute atomic E-state index is 5.86. The van der Waals surface area contributed by atoms with Crippen molar-refractivity contribution < 1.29 is 4.74 Å². The van der Waals surface area contributed by atoms with Crippen molar-refractivity contribution in [3.8, 4) is 5.88 Å². The maximum Gasteiger partial charge on any atom is 0.224 e. The second kappa shape index (κ2) is 7.48. The van der Waals surface area contributed by atoms with E-state index in [4.69, 9.17) is 4.74 Å². The van der Waals surface area contributed by atoms with E-state index < -0.39 is 0 Å². The van der Waals surface area contributed by atoms with Gasteiger partial charge in [0.1, 0.15) is 6.33 Å². The molecule has 0 N–H and O–H groups in total. The van der Waals surface area contributed by atoms with E-state index in [0.29, 0.717) is 5.88 Å². The van der Waals surface area contributed by atoms with Gasteiger partial charge in [-0.1, -0.05) is 5.21 Å². The van der Waals surface area contributed by atoms with Crippen LogP contribution in [-0.2, 0) is 13.6 Å². The molecule has 4 rings (SSSR count). The first-order chi connectivity index (χ1) is 13.1. The monoisotopic (exact) mass is 367 g/mol. The molecule has 0 saturated carbocycles. The average Bonchev–Trinajstić information content (AvgIpc) is 3.07. The summed E-state index contributed by atoms with van der Waals surface area (Å²) >= 11 is 0. The van der Waals surface area contributed by atoms with Crippen molar-refractivity contribution in [2.75, 3.05) is 31.1 Å². The molecule has 8 heteroatoms. The van der Waals surface area contributed by atoms with Gasteiger partial charge in [-0.05, 0) is 32.0 Å². The summed E-state index contributed by atoms with van der Waals surface area (Å²) in [6.07, 6.45) is 3.62. The molecular weight excluding hydrogens is 342 g/mol. The van der Waals surface area contributed by atoms with Crippen LogP contribution in [0.5, 0.6) is 5.88 Å². The number of fused-ring (bicyclic) bond motifs is 1. The lowest BCUT2D eigenvalue weighted by atomic mass is 10.2. The van der Waals surface area contributed by atoms with E-state index in [2.05, 4.69) is 42.2 Å². The van der Waals surface area contributed by atoms with Crippen molar-refractivity contribution in [3.05, 3.63) is 36.4 Å². The van der Waals surface area contributed by atoms with Gasteiger partial charge in [-0.15, -0.1) is 5.10 Å². The standard InChI is InChI=1S/C19H25N7O/c1-14(2)27-19-17-10-16(4-5-18(17)20-13-21-19)26-8-6-25(7-9-26)12-15-11-24(3)23-22-15/h4-5,10-11,13-14H,6-9,12H2,1-3H3. The first kappa shape index (κ1) is 17.7. The van der Waals surface area contributed by atoms with Crippen LogP contribution in [0.2, 0.25) is 0 Å². The highest BCUT2D eigenvalue weighted by Gasteiger charge is 2.19. The number of hydrogen-bond donors (Lipinski definition) is 0. The van der Waals surface area contributed by atoms with Crippen molar-refractivity contribution in [1.82, 2.24) is 29.9 Å². The normalized spacial score (nSPS) is 15.6. The second-order valence-electron chi connectivity index (χ2n) is 7.19. The van der Waals surface area contributed by atoms with Crippen molar-refractivity contribution in [2.45, 2.75) is 26.5 Å². The van der Waals surface area contributed by atoms with Crippen LogP contribution in [0.15, 0.2) is 30.7 Å². The molecule has 3 aromatic rings. The van der Waals surface area contributed by atoms with Crippen LogP contribution in [0.4, 0.5) is 5.69 Å². The number of anilines is 1. The minimum absolute atomic E-state index is 0.0800. The van der Waals surface area contributed by atoms with Gasteiger partial charge in [0.05, 0.1) is 22.7 Å². The molecule has 0 atom stereocenters. The molecule has 3 heterocycles. The Morgan fingerprint density at radius 2 is 1.93 bits per heavy atom. The van der Waals surface area contributed by atoms with E-state index in [1.54, 1.807) is 11.0 Å². The van der Waals surface area contributed by atoms with E-state index in [1.807, 2.05) is 33.2 Å². The Labute approximate surface area is 158 Å². The third kappa shape index (κ3) is 4.00. The Bertz CT molecular complexity index is 915. The van der Waals surface area contributed by atoms with Crippen LogP contribution in [0.1, 0.15) is 19.5 Å². The fourth-order valence-electron chi connectivity index (χ4n) is 3.40. The molecule has 1 aliphatic rings. The zero-order valence-corrected chi connectivity index (χ0v) is 16.0. The van der Waals surface area contributed by atoms with E-state index in [9.17, 15) is 0 Å². The molecule has 1 fully saturated rings. The van der Waals surface area contributed by atoms with Gasteiger partial charge in [-0.2, -0.15) is 0 Å². The van der Waals surface area contributed by atoms with E-state index >= 15 is 0 Å². The summed E-state index contributed by atoms with van der Waals surface area (Å²) in [7, 11) is 1.90. The van der Waals surface area contributed by atoms with Crippen molar-refractivity contribution in [1.29, 1.82) is 0 Å². The van der Waals surface area contributed by atoms with Gasteiger partial charge in [0.15, 0.2) is 0 Å². The van der Waals surface area contributed by atoms with Gasteiger partial charge in [0.25, 0.3) is 0 Å². The first-order valence-corrected chi connectivity index (χ1v) is 9.32. The number of hydrogen-bond acceptors (Lipinski definition) is 7. The lowest BCUT2D eigenvalue weighted by molar-refractivity contribution is 0.235. The summed E-state index contributed by atoms with van der Waals surface area (Å²) in [4.78, 5) is 13.5. The summed E-state index contributed by atoms with van der Waals surface area (Å²) in [5, 5.41) is 9.16. The first-order valence-electron chi connectivity index (χ1n) is 9.32. The molecule has 142 valence electrons. The summed E-state index contributed by atoms with van der Waals surface area (Å²) < 4.78 is 7.61. The highest BCUT2D eigenvalue weighted by Crippen LogP contribution is 2.28. The van der Waals surface area contributed by atoms with Crippen LogP contribution < -0.4 is 9.64 Å². The molecule has 8 nitrogen and oxygen atoms in total. The number of ether oxygens (including phenoxy) is 1. The molecule has 1 saturated heterocycles. The molecule has 1 aliphatic heterocycles. The van der Waals surface area contributed by atoms with Gasteiger partial charge in [-0.3, -0.25) is 9.58 Å². The van der Waals surface area contributed by atoms with Gasteiger partial charge < -0.3 is 9.64 Å². The molecule has 0 aliphatic carbocycles. The third-order valence-electron chi connectivity index (χ3n) is 4.70. The fraction of sp³-hybridized carbons (Fsp3) is 0.474. The number of rotatable bonds is 5. The topological polar surface area (TPSA) is 72.2 Å². The Hall–Kier alpha value is -2.74. The summed E-state index contributed by atoms with van der Waals surface area (Å²) in [6, 6.07) is 6.32. The van der Waals surface area contributed by atoms with Crippen LogP contribution in [0.25, 0.3) is 10.9 Å². The van der Waals surface area contributed by atoms with Crippen LogP contribution in [-0.4, -0.2) is 62.1 Å². The zero-order valence-electron chi connectivity index (χ0n) is 16.0. The number of aryl methyl sites for hydroxylation is 1. The van der Waals surface area contributed by atoms with Crippen molar-refractivity contribution in [3.63, 3.8) is 0 Å². The van der Waals surface area contributed by atoms with Crippen LogP contribution in [0, 0.1) is 0 Å². The van der Waals surface area contributed by atoms with Crippen LogP contribution >= 0.6 is 0 Å². The molecule has 2 aromatic heterocycles.